The number of rotatable bonds is 9. The number of fused-ring (bicyclic) bond motifs is 2. The van der Waals surface area contributed by atoms with E-state index in [0.717, 1.165) is 24.3 Å². The van der Waals surface area contributed by atoms with E-state index >= 15 is 0 Å². The summed E-state index contributed by atoms with van der Waals surface area (Å²) < 4.78 is 174. The monoisotopic (exact) mass is 891 g/mol. The van der Waals surface area contributed by atoms with Crippen molar-refractivity contribution in [1.29, 1.82) is 0 Å². The van der Waals surface area contributed by atoms with Gasteiger partial charge < -0.3 is 28.7 Å². The molecule has 0 aliphatic rings. The molecular formula is C27H17N3Na4O16S5. The van der Waals surface area contributed by atoms with Crippen molar-refractivity contribution in [3.8, 4) is 11.5 Å². The van der Waals surface area contributed by atoms with E-state index < -0.39 is 125 Å². The number of hydrogen-bond acceptors (Lipinski definition) is 18. The fraction of sp³-hybridized carbons (Fsp3) is 0.0370. The van der Waals surface area contributed by atoms with E-state index in [1.165, 1.54) is 12.1 Å². The molecule has 0 heterocycles. The zero-order chi connectivity index (χ0) is 38.1. The molecule has 0 amide bonds. The van der Waals surface area contributed by atoms with Gasteiger partial charge in [-0.15, -0.1) is 10.2 Å². The fourth-order valence-corrected chi connectivity index (χ4v) is 8.24. The first-order valence-corrected chi connectivity index (χ1v) is 20.3. The van der Waals surface area contributed by atoms with Crippen LogP contribution in [0.3, 0.4) is 0 Å². The second-order valence-electron chi connectivity index (χ2n) is 10.5. The number of hydrogen-bond donors (Lipinski definition) is 2. The Morgan fingerprint density at radius 1 is 0.655 bits per heavy atom. The second-order valence-corrected chi connectivity index (χ2v) is 17.5. The van der Waals surface area contributed by atoms with E-state index in [9.17, 15) is 65.4 Å². The molecule has 5 rings (SSSR count). The number of nitrogen functional groups attached to an aromatic ring is 1. The standard InChI is InChI=1S/C27H21N3O16S5.4Na/c1-13-2-4-15(5-3-13)51(44,45)46-22-12-17(48(35,36)37)10-19-18(22)6-7-20(27(19)50(41,42)43)29-30-26-23(49(38,39)40)9-14-8-16(47(32,33)34)11-21(31)24(14)25(26)28;;;;/h2-12,31H,28H2,1H3,(H,32,33,34)(H,35,36,37)(H,38,39,40)(H,41,42,43);;;;/q;4*+1/p-4. The normalized spacial score (nSPS) is 12.3. The van der Waals surface area contributed by atoms with Gasteiger partial charge in [0.1, 0.15) is 51.5 Å². The summed E-state index contributed by atoms with van der Waals surface area (Å²) in [7, 11) is -26.7. The van der Waals surface area contributed by atoms with Gasteiger partial charge in [-0.05, 0) is 60.2 Å². The molecule has 0 unspecified atom stereocenters. The molecule has 5 aromatic rings. The summed E-state index contributed by atoms with van der Waals surface area (Å²) in [6, 6.07) is 9.01. The molecule has 5 aromatic carbocycles. The van der Waals surface area contributed by atoms with Crippen molar-refractivity contribution >= 4 is 89.2 Å². The predicted octanol–water partition coefficient (Wildman–Crippen LogP) is -9.88. The number of anilines is 1. The molecule has 0 aliphatic carbocycles. The third-order valence-corrected chi connectivity index (χ3v) is 11.7. The molecule has 28 heteroatoms. The molecule has 0 spiro atoms. The summed E-state index contributed by atoms with van der Waals surface area (Å²) >= 11 is 0. The molecule has 0 bridgehead atoms. The molecule has 3 N–H and O–H groups in total. The van der Waals surface area contributed by atoms with Crippen LogP contribution in [0, 0.1) is 6.92 Å². The third kappa shape index (κ3) is 11.5. The van der Waals surface area contributed by atoms with Crippen LogP contribution < -0.4 is 133 Å². The van der Waals surface area contributed by atoms with Gasteiger partial charge in [-0.3, -0.25) is 4.55 Å². The summed E-state index contributed by atoms with van der Waals surface area (Å²) in [4.78, 5) is -5.41. The molecule has 0 radical (unpaired) electrons. The maximum absolute atomic E-state index is 13.1. The van der Waals surface area contributed by atoms with Gasteiger partial charge in [0, 0.05) is 16.8 Å². The second kappa shape index (κ2) is 18.6. The number of benzene rings is 5. The molecule has 0 aromatic heterocycles. The quantitative estimate of drug-likeness (QED) is 0.0456. The molecular weight excluding hydrogens is 875 g/mol. The first kappa shape index (κ1) is 52.2. The third-order valence-electron chi connectivity index (χ3n) is 7.02. The Balaban J connectivity index is 0.00000378. The van der Waals surface area contributed by atoms with Crippen LogP contribution in [0.2, 0.25) is 0 Å². The van der Waals surface area contributed by atoms with Gasteiger partial charge in [0.15, 0.2) is 5.75 Å². The molecule has 0 saturated carbocycles. The van der Waals surface area contributed by atoms with Crippen LogP contribution in [-0.2, 0) is 50.6 Å². The van der Waals surface area contributed by atoms with Crippen LogP contribution in [0.5, 0.6) is 11.5 Å². The summed E-state index contributed by atoms with van der Waals surface area (Å²) in [5, 5.41) is 17.1. The molecule has 55 heavy (non-hydrogen) atoms. The summed E-state index contributed by atoms with van der Waals surface area (Å²) in [5.41, 5.74) is 3.65. The van der Waals surface area contributed by atoms with Gasteiger partial charge in [0.25, 0.3) is 10.1 Å². The van der Waals surface area contributed by atoms with E-state index in [-0.39, 0.29) is 118 Å². The Hall–Kier alpha value is -0.790. The van der Waals surface area contributed by atoms with Crippen molar-refractivity contribution < 1.29 is 188 Å². The van der Waals surface area contributed by atoms with Crippen molar-refractivity contribution in [3.63, 3.8) is 0 Å². The van der Waals surface area contributed by atoms with Crippen LogP contribution in [0.25, 0.3) is 21.5 Å². The van der Waals surface area contributed by atoms with Crippen LogP contribution in [0.15, 0.2) is 101 Å². The number of azo groups is 1. The average molecular weight is 892 g/mol. The topological polar surface area (TPSA) is 343 Å². The van der Waals surface area contributed by atoms with Gasteiger partial charge >= 0.3 is 128 Å². The minimum Gasteiger partial charge on any atom is -0.872 e. The van der Waals surface area contributed by atoms with Crippen LogP contribution in [-0.4, -0.2) is 60.3 Å². The van der Waals surface area contributed by atoms with Gasteiger partial charge in [-0.25, -0.2) is 25.3 Å². The first-order valence-electron chi connectivity index (χ1n) is 13.2. The Labute approximate surface area is 402 Å². The van der Waals surface area contributed by atoms with Crippen molar-refractivity contribution in [2.45, 2.75) is 31.4 Å². The number of nitrogens with zero attached hydrogens (tertiary/aromatic N) is 2. The summed E-state index contributed by atoms with van der Waals surface area (Å²) in [6.45, 7) is 1.65. The van der Waals surface area contributed by atoms with E-state index in [1.807, 2.05) is 0 Å². The molecule has 0 saturated heterocycles. The fourth-order valence-electron chi connectivity index (χ4n) is 4.79. The van der Waals surface area contributed by atoms with E-state index in [4.69, 9.17) is 9.92 Å². The zero-order valence-electron chi connectivity index (χ0n) is 28.9. The molecule has 19 nitrogen and oxygen atoms in total. The smallest absolute Gasteiger partial charge is 0.872 e. The Bertz CT molecular complexity index is 2930. The minimum absolute atomic E-state index is 0. The van der Waals surface area contributed by atoms with Gasteiger partial charge in [0.05, 0.1) is 20.4 Å². The zero-order valence-corrected chi connectivity index (χ0v) is 41.0. The van der Waals surface area contributed by atoms with Crippen molar-refractivity contribution in [3.05, 3.63) is 72.3 Å². The predicted molar refractivity (Wildman–Crippen MR) is 169 cm³/mol. The van der Waals surface area contributed by atoms with E-state index in [2.05, 4.69) is 10.2 Å². The molecule has 0 atom stereocenters. The summed E-state index contributed by atoms with van der Waals surface area (Å²) in [5.74, 6) is -2.13. The van der Waals surface area contributed by atoms with Crippen molar-refractivity contribution in [2.75, 3.05) is 5.73 Å². The van der Waals surface area contributed by atoms with E-state index in [0.29, 0.717) is 35.9 Å². The average Bonchev–Trinajstić information content (AvgIpc) is 2.97. The van der Waals surface area contributed by atoms with Gasteiger partial charge in [0.2, 0.25) is 0 Å². The first-order chi connectivity index (χ1) is 23.3. The number of nitrogens with two attached hydrogens (primary N) is 1. The van der Waals surface area contributed by atoms with Gasteiger partial charge in [-0.1, -0.05) is 29.5 Å². The van der Waals surface area contributed by atoms with Crippen LogP contribution in [0.1, 0.15) is 5.56 Å². The maximum atomic E-state index is 13.1. The minimum atomic E-state index is -5.61. The van der Waals surface area contributed by atoms with Gasteiger partial charge in [-0.2, -0.15) is 16.8 Å². The number of aryl methyl sites for hydroxylation is 1. The maximum Gasteiger partial charge on any atom is 1.00 e. The van der Waals surface area contributed by atoms with Crippen molar-refractivity contribution in [2.24, 2.45) is 10.2 Å². The molecule has 0 fully saturated rings. The van der Waals surface area contributed by atoms with E-state index in [1.54, 1.807) is 6.92 Å². The Morgan fingerprint density at radius 3 is 1.71 bits per heavy atom. The largest absolute Gasteiger partial charge is 1.00 e. The van der Waals surface area contributed by atoms with Crippen molar-refractivity contribution in [1.82, 2.24) is 0 Å². The Kier molecular flexibility index (Phi) is 17.7. The summed E-state index contributed by atoms with van der Waals surface area (Å²) in [6.07, 6.45) is 0. The van der Waals surface area contributed by atoms with Crippen LogP contribution >= 0.6 is 0 Å². The Morgan fingerprint density at radius 2 is 1.20 bits per heavy atom. The molecule has 270 valence electrons. The SMILES string of the molecule is Cc1ccc(S(=O)(=O)Oc2cc(S(=O)(=O)[O-])cc3c(S(=O)(=O)O)c(N=Nc4c(S(=O)(=O)[O-])cc5cc(S(=O)(=O)[O-])cc([O-])c5c4N)ccc23)cc1.[Na+].[Na+].[Na+].[Na+]. The van der Waals surface area contributed by atoms with Crippen LogP contribution in [0.4, 0.5) is 17.1 Å². The molecule has 0 aliphatic heterocycles.